The first kappa shape index (κ1) is 21.2. The van der Waals surface area contributed by atoms with E-state index in [0.717, 1.165) is 44.7 Å². The van der Waals surface area contributed by atoms with Gasteiger partial charge < -0.3 is 0 Å². The van der Waals surface area contributed by atoms with Crippen LogP contribution in [0.1, 0.15) is 11.1 Å². The first-order valence-corrected chi connectivity index (χ1v) is 12.3. The summed E-state index contributed by atoms with van der Waals surface area (Å²) < 4.78 is 0. The molecule has 0 amide bonds. The minimum Gasteiger partial charge on any atom is -0.240 e. The van der Waals surface area contributed by atoms with E-state index < -0.39 is 0 Å². The molecule has 0 saturated carbocycles. The van der Waals surface area contributed by atoms with Gasteiger partial charge in [0.2, 0.25) is 0 Å². The van der Waals surface area contributed by atoms with Crippen molar-refractivity contribution >= 4 is 23.5 Å². The second-order valence-corrected chi connectivity index (χ2v) is 9.15. The van der Waals surface area contributed by atoms with Crippen molar-refractivity contribution < 1.29 is 0 Å². The Hall–Kier alpha value is -3.00. The van der Waals surface area contributed by atoms with Gasteiger partial charge in [-0.1, -0.05) is 91.0 Å². The molecule has 0 aliphatic heterocycles. The Balaban J connectivity index is 1.57. The monoisotopic (exact) mass is 438 g/mol. The van der Waals surface area contributed by atoms with Gasteiger partial charge in [-0.2, -0.15) is 17.0 Å². The van der Waals surface area contributed by atoms with Gasteiger partial charge in [-0.3, -0.25) is 0 Å². The Kier molecular flexibility index (Phi) is 7.44. The van der Waals surface area contributed by atoms with Gasteiger partial charge in [-0.25, -0.2) is 4.98 Å². The maximum Gasteiger partial charge on any atom is 0.115 e. The van der Waals surface area contributed by atoms with E-state index in [-0.39, 0.29) is 0 Å². The van der Waals surface area contributed by atoms with Crippen LogP contribution < -0.4 is 0 Å². The molecule has 0 radical (unpaired) electrons. The molecule has 1 aromatic heterocycles. The van der Waals surface area contributed by atoms with Crippen LogP contribution in [0.4, 0.5) is 0 Å². The number of nitriles is 1. The lowest BCUT2D eigenvalue weighted by molar-refractivity contribution is 1.12. The zero-order valence-electron chi connectivity index (χ0n) is 17.1. The highest BCUT2D eigenvalue weighted by Crippen LogP contribution is 2.34. The van der Waals surface area contributed by atoms with Gasteiger partial charge in [0.15, 0.2) is 0 Å². The fraction of sp³-hybridized carbons (Fsp3) is 0.111. The predicted octanol–water partition coefficient (Wildman–Crippen LogP) is 7.31. The standard InChI is InChI=1S/C27H22N2S2/c28-19-25-24(22-12-6-2-7-13-22)18-26(23-14-8-3-9-15-23)29-27(25)31-17-16-30-20-21-10-4-1-5-11-21/h1-15,18H,16-17,20H2. The molecule has 3 aromatic carbocycles. The van der Waals surface area contributed by atoms with E-state index in [4.69, 9.17) is 4.98 Å². The fourth-order valence-electron chi connectivity index (χ4n) is 3.30. The SMILES string of the molecule is N#Cc1c(-c2ccccc2)cc(-c2ccccc2)nc1SCCSCc1ccccc1. The number of hydrogen-bond donors (Lipinski definition) is 0. The van der Waals surface area contributed by atoms with Gasteiger partial charge in [-0.05, 0) is 17.2 Å². The third kappa shape index (κ3) is 5.58. The zero-order valence-corrected chi connectivity index (χ0v) is 18.7. The number of thioether (sulfide) groups is 2. The second-order valence-electron chi connectivity index (χ2n) is 6.97. The van der Waals surface area contributed by atoms with E-state index in [2.05, 4.69) is 54.6 Å². The zero-order chi connectivity index (χ0) is 21.3. The van der Waals surface area contributed by atoms with E-state index in [1.807, 2.05) is 60.3 Å². The van der Waals surface area contributed by atoms with E-state index >= 15 is 0 Å². The highest BCUT2D eigenvalue weighted by Gasteiger charge is 2.15. The molecular formula is C27H22N2S2. The largest absolute Gasteiger partial charge is 0.240 e. The molecule has 0 atom stereocenters. The number of hydrogen-bond acceptors (Lipinski definition) is 4. The van der Waals surface area contributed by atoms with Crippen molar-refractivity contribution in [3.8, 4) is 28.5 Å². The third-order valence-electron chi connectivity index (χ3n) is 4.83. The molecule has 0 saturated heterocycles. The van der Waals surface area contributed by atoms with Crippen molar-refractivity contribution in [1.29, 1.82) is 5.26 Å². The lowest BCUT2D eigenvalue weighted by Crippen LogP contribution is -1.97. The Morgan fingerprint density at radius 2 is 1.35 bits per heavy atom. The van der Waals surface area contributed by atoms with Gasteiger partial charge in [0.1, 0.15) is 11.1 Å². The molecule has 0 fully saturated rings. The summed E-state index contributed by atoms with van der Waals surface area (Å²) >= 11 is 3.58. The summed E-state index contributed by atoms with van der Waals surface area (Å²) in [6.45, 7) is 0. The molecule has 0 N–H and O–H groups in total. The van der Waals surface area contributed by atoms with E-state index in [0.29, 0.717) is 5.56 Å². The molecule has 0 aliphatic carbocycles. The highest BCUT2D eigenvalue weighted by molar-refractivity contribution is 8.02. The molecule has 31 heavy (non-hydrogen) atoms. The van der Waals surface area contributed by atoms with Crippen molar-refractivity contribution in [3.63, 3.8) is 0 Å². The molecule has 4 aromatic rings. The molecule has 2 nitrogen and oxygen atoms in total. The van der Waals surface area contributed by atoms with Crippen LogP contribution in [-0.4, -0.2) is 16.5 Å². The van der Waals surface area contributed by atoms with Gasteiger partial charge in [0.05, 0.1) is 11.3 Å². The van der Waals surface area contributed by atoms with E-state index in [1.165, 1.54) is 5.56 Å². The molecule has 0 unspecified atom stereocenters. The van der Waals surface area contributed by atoms with Gasteiger partial charge in [-0.15, -0.1) is 11.8 Å². The third-order valence-corrected chi connectivity index (χ3v) is 7.10. The average molecular weight is 439 g/mol. The first-order valence-electron chi connectivity index (χ1n) is 10.2. The molecule has 4 heteroatoms. The summed E-state index contributed by atoms with van der Waals surface area (Å²) in [5, 5.41) is 10.8. The minimum atomic E-state index is 0.656. The summed E-state index contributed by atoms with van der Waals surface area (Å²) in [7, 11) is 0. The summed E-state index contributed by atoms with van der Waals surface area (Å²) in [4.78, 5) is 4.89. The normalized spacial score (nSPS) is 10.5. The van der Waals surface area contributed by atoms with Gasteiger partial charge in [0.25, 0.3) is 0 Å². The Labute approximate surface area is 192 Å². The van der Waals surface area contributed by atoms with Crippen LogP contribution in [0.5, 0.6) is 0 Å². The molecular weight excluding hydrogens is 416 g/mol. The van der Waals surface area contributed by atoms with Gasteiger partial charge >= 0.3 is 0 Å². The first-order chi connectivity index (χ1) is 15.3. The van der Waals surface area contributed by atoms with E-state index in [1.54, 1.807) is 11.8 Å². The summed E-state index contributed by atoms with van der Waals surface area (Å²) in [5.74, 6) is 2.91. The molecule has 0 aliphatic rings. The number of pyridine rings is 1. The maximum atomic E-state index is 9.96. The molecule has 0 spiro atoms. The lowest BCUT2D eigenvalue weighted by atomic mass is 9.99. The van der Waals surface area contributed by atoms with Crippen LogP contribution in [0.2, 0.25) is 0 Å². The highest BCUT2D eigenvalue weighted by atomic mass is 32.2. The van der Waals surface area contributed by atoms with Crippen LogP contribution in [0.25, 0.3) is 22.4 Å². The predicted molar refractivity (Wildman–Crippen MR) is 133 cm³/mol. The molecule has 152 valence electrons. The number of nitrogens with zero attached hydrogens (tertiary/aromatic N) is 2. The smallest absolute Gasteiger partial charge is 0.115 e. The summed E-state index contributed by atoms with van der Waals surface area (Å²) in [6, 6.07) is 35.2. The van der Waals surface area contributed by atoms with Crippen LogP contribution in [-0.2, 0) is 5.75 Å². The molecule has 1 heterocycles. The Morgan fingerprint density at radius 3 is 2.00 bits per heavy atom. The topological polar surface area (TPSA) is 36.7 Å². The second kappa shape index (κ2) is 10.9. The van der Waals surface area contributed by atoms with E-state index in [9.17, 15) is 5.26 Å². The number of rotatable bonds is 8. The Bertz CT molecular complexity index is 1150. The van der Waals surface area contributed by atoms with Crippen LogP contribution in [0.3, 0.4) is 0 Å². The molecule has 0 bridgehead atoms. The van der Waals surface area contributed by atoms with Crippen molar-refractivity contribution in [3.05, 3.63) is 108 Å². The minimum absolute atomic E-state index is 0.656. The van der Waals surface area contributed by atoms with Crippen LogP contribution in [0, 0.1) is 11.3 Å². The summed E-state index contributed by atoms with van der Waals surface area (Å²) in [5.41, 5.74) is 5.94. The van der Waals surface area contributed by atoms with Gasteiger partial charge in [0, 0.05) is 28.4 Å². The van der Waals surface area contributed by atoms with Crippen LogP contribution in [0.15, 0.2) is 102 Å². The molecule has 4 rings (SSSR count). The van der Waals surface area contributed by atoms with Crippen molar-refractivity contribution in [2.75, 3.05) is 11.5 Å². The van der Waals surface area contributed by atoms with Crippen molar-refractivity contribution in [2.24, 2.45) is 0 Å². The number of aromatic nitrogens is 1. The van der Waals surface area contributed by atoms with Crippen LogP contribution >= 0.6 is 23.5 Å². The van der Waals surface area contributed by atoms with Crippen molar-refractivity contribution in [1.82, 2.24) is 4.98 Å². The average Bonchev–Trinajstić information content (AvgIpc) is 2.85. The Morgan fingerprint density at radius 1 is 0.742 bits per heavy atom. The number of benzene rings is 3. The van der Waals surface area contributed by atoms with Crippen molar-refractivity contribution in [2.45, 2.75) is 10.8 Å². The lowest BCUT2D eigenvalue weighted by Gasteiger charge is -2.12. The fourth-order valence-corrected chi connectivity index (χ4v) is 5.33. The maximum absolute atomic E-state index is 9.96. The quantitative estimate of drug-likeness (QED) is 0.213. The summed E-state index contributed by atoms with van der Waals surface area (Å²) in [6.07, 6.45) is 0.